The van der Waals surface area contributed by atoms with Crippen molar-refractivity contribution in [3.05, 3.63) is 24.3 Å². The van der Waals surface area contributed by atoms with Crippen LogP contribution in [0.2, 0.25) is 0 Å². The van der Waals surface area contributed by atoms with Crippen LogP contribution in [-0.4, -0.2) is 38.2 Å². The molecule has 1 aromatic carbocycles. The van der Waals surface area contributed by atoms with E-state index < -0.39 is 10.0 Å². The fourth-order valence-electron chi connectivity index (χ4n) is 2.62. The Morgan fingerprint density at radius 2 is 1.85 bits per heavy atom. The first kappa shape index (κ1) is 15.6. The molecule has 0 saturated heterocycles. The van der Waals surface area contributed by atoms with Crippen molar-refractivity contribution in [2.45, 2.75) is 36.1 Å². The molecule has 0 aromatic heterocycles. The molecule has 1 N–H and O–H groups in total. The van der Waals surface area contributed by atoms with E-state index in [1.807, 2.05) is 12.1 Å². The average molecular weight is 317 g/mol. The number of anilines is 1. The Balaban J connectivity index is 2.38. The molecule has 6 heteroatoms. The first-order chi connectivity index (χ1) is 9.41. The van der Waals surface area contributed by atoms with Crippen LogP contribution in [0.5, 0.6) is 0 Å². The zero-order valence-corrected chi connectivity index (χ0v) is 13.5. The van der Waals surface area contributed by atoms with Crippen molar-refractivity contribution in [2.24, 2.45) is 0 Å². The topological polar surface area (TPSA) is 49.4 Å². The molecular formula is C14H21ClN2O2S. The number of halogens is 1. The van der Waals surface area contributed by atoms with E-state index in [1.54, 1.807) is 26.2 Å². The summed E-state index contributed by atoms with van der Waals surface area (Å²) in [5.74, 6) is 0.489. The average Bonchev–Trinajstić information content (AvgIpc) is 2.88. The number of nitrogens with zero attached hydrogens (tertiary/aromatic N) is 1. The molecule has 0 aliphatic heterocycles. The molecule has 0 atom stereocenters. The Morgan fingerprint density at radius 3 is 2.40 bits per heavy atom. The van der Waals surface area contributed by atoms with Gasteiger partial charge < -0.3 is 5.32 Å². The first-order valence-corrected chi connectivity index (χ1v) is 8.74. The molecule has 0 amide bonds. The van der Waals surface area contributed by atoms with E-state index in [4.69, 9.17) is 11.6 Å². The van der Waals surface area contributed by atoms with E-state index in [2.05, 4.69) is 5.32 Å². The smallest absolute Gasteiger partial charge is 0.244 e. The molecule has 2 rings (SSSR count). The minimum Gasteiger partial charge on any atom is -0.377 e. The van der Waals surface area contributed by atoms with E-state index in [0.717, 1.165) is 25.7 Å². The van der Waals surface area contributed by atoms with Gasteiger partial charge in [-0.2, -0.15) is 0 Å². The van der Waals surface area contributed by atoms with Gasteiger partial charge in [0, 0.05) is 20.0 Å². The lowest BCUT2D eigenvalue weighted by Crippen LogP contribution is -2.38. The Hall–Kier alpha value is -0.780. The summed E-state index contributed by atoms with van der Waals surface area (Å²) < 4.78 is 26.0. The SMILES string of the molecule is CN(C)S(=O)(=O)c1ccccc1NC1(CCl)CCCC1. The summed E-state index contributed by atoms with van der Waals surface area (Å²) in [4.78, 5) is 0.307. The van der Waals surface area contributed by atoms with E-state index in [9.17, 15) is 8.42 Å². The quantitative estimate of drug-likeness (QED) is 0.850. The maximum absolute atomic E-state index is 12.4. The number of para-hydroxylation sites is 1. The van der Waals surface area contributed by atoms with E-state index in [1.165, 1.54) is 4.31 Å². The van der Waals surface area contributed by atoms with Crippen molar-refractivity contribution < 1.29 is 8.42 Å². The molecule has 0 bridgehead atoms. The molecular weight excluding hydrogens is 296 g/mol. The summed E-state index contributed by atoms with van der Waals surface area (Å²) in [6.45, 7) is 0. The molecule has 20 heavy (non-hydrogen) atoms. The van der Waals surface area contributed by atoms with E-state index in [0.29, 0.717) is 16.5 Å². The highest BCUT2D eigenvalue weighted by Gasteiger charge is 2.34. The number of hydrogen-bond acceptors (Lipinski definition) is 3. The highest BCUT2D eigenvalue weighted by Crippen LogP contribution is 2.36. The summed E-state index contributed by atoms with van der Waals surface area (Å²) in [6.07, 6.45) is 4.21. The van der Waals surface area contributed by atoms with Gasteiger partial charge in [0.25, 0.3) is 0 Å². The van der Waals surface area contributed by atoms with Crippen LogP contribution in [0.1, 0.15) is 25.7 Å². The number of rotatable bonds is 5. The number of sulfonamides is 1. The molecule has 1 aliphatic carbocycles. The van der Waals surface area contributed by atoms with Gasteiger partial charge in [0.15, 0.2) is 0 Å². The summed E-state index contributed by atoms with van der Waals surface area (Å²) in [5, 5.41) is 3.40. The van der Waals surface area contributed by atoms with E-state index >= 15 is 0 Å². The molecule has 0 unspecified atom stereocenters. The van der Waals surface area contributed by atoms with Crippen molar-refractivity contribution in [3.63, 3.8) is 0 Å². The van der Waals surface area contributed by atoms with Gasteiger partial charge >= 0.3 is 0 Å². The third-order valence-electron chi connectivity index (χ3n) is 3.86. The van der Waals surface area contributed by atoms with Gasteiger partial charge in [-0.05, 0) is 25.0 Å². The Bertz CT molecular complexity index is 566. The van der Waals surface area contributed by atoms with Gasteiger partial charge in [0.2, 0.25) is 10.0 Å². The highest BCUT2D eigenvalue weighted by atomic mass is 35.5. The van der Waals surface area contributed by atoms with Crippen molar-refractivity contribution in [2.75, 3.05) is 25.3 Å². The van der Waals surface area contributed by atoms with Gasteiger partial charge in [0.05, 0.1) is 11.2 Å². The maximum Gasteiger partial charge on any atom is 0.244 e. The third kappa shape index (κ3) is 2.95. The van der Waals surface area contributed by atoms with Crippen LogP contribution in [0.15, 0.2) is 29.2 Å². The van der Waals surface area contributed by atoms with Gasteiger partial charge in [0.1, 0.15) is 4.90 Å². The second-order valence-electron chi connectivity index (χ2n) is 5.53. The van der Waals surface area contributed by atoms with Crippen molar-refractivity contribution in [1.82, 2.24) is 4.31 Å². The van der Waals surface area contributed by atoms with Crippen molar-refractivity contribution >= 4 is 27.3 Å². The summed E-state index contributed by atoms with van der Waals surface area (Å²) >= 11 is 6.12. The maximum atomic E-state index is 12.4. The number of nitrogens with one attached hydrogen (secondary N) is 1. The third-order valence-corrected chi connectivity index (χ3v) is 6.25. The fourth-order valence-corrected chi connectivity index (χ4v) is 4.00. The predicted octanol–water partition coefficient (Wildman–Crippen LogP) is 2.90. The minimum atomic E-state index is -3.46. The summed E-state index contributed by atoms with van der Waals surface area (Å²) in [5.41, 5.74) is 0.461. The predicted molar refractivity (Wildman–Crippen MR) is 82.9 cm³/mol. The molecule has 0 heterocycles. The van der Waals surface area contributed by atoms with Crippen LogP contribution in [0, 0.1) is 0 Å². The molecule has 1 fully saturated rings. The van der Waals surface area contributed by atoms with Crippen LogP contribution in [0.25, 0.3) is 0 Å². The fraction of sp³-hybridized carbons (Fsp3) is 0.571. The summed E-state index contributed by atoms with van der Waals surface area (Å²) in [6, 6.07) is 7.02. The Kier molecular flexibility index (Phi) is 4.62. The monoisotopic (exact) mass is 316 g/mol. The van der Waals surface area contributed by atoms with Crippen LogP contribution < -0.4 is 5.32 Å². The first-order valence-electron chi connectivity index (χ1n) is 6.77. The normalized spacial score (nSPS) is 18.4. The van der Waals surface area contributed by atoms with Crippen LogP contribution in [0.3, 0.4) is 0 Å². The molecule has 0 spiro atoms. The van der Waals surface area contributed by atoms with Gasteiger partial charge in [-0.15, -0.1) is 11.6 Å². The van der Waals surface area contributed by atoms with Gasteiger partial charge in [-0.25, -0.2) is 12.7 Å². The molecule has 112 valence electrons. The van der Waals surface area contributed by atoms with Crippen molar-refractivity contribution in [1.29, 1.82) is 0 Å². The number of alkyl halides is 1. The lowest BCUT2D eigenvalue weighted by molar-refractivity contribution is 0.517. The molecule has 0 radical (unpaired) electrons. The largest absolute Gasteiger partial charge is 0.377 e. The summed E-state index contributed by atoms with van der Waals surface area (Å²) in [7, 11) is -0.375. The second kappa shape index (κ2) is 5.92. The minimum absolute atomic E-state index is 0.181. The lowest BCUT2D eigenvalue weighted by Gasteiger charge is -2.30. The van der Waals surface area contributed by atoms with Crippen LogP contribution in [-0.2, 0) is 10.0 Å². The lowest BCUT2D eigenvalue weighted by atomic mass is 10.00. The molecule has 4 nitrogen and oxygen atoms in total. The zero-order chi connectivity index (χ0) is 14.8. The zero-order valence-electron chi connectivity index (χ0n) is 11.9. The Labute approximate surface area is 126 Å². The van der Waals surface area contributed by atoms with Gasteiger partial charge in [-0.3, -0.25) is 0 Å². The molecule has 1 aromatic rings. The molecule has 1 aliphatic rings. The van der Waals surface area contributed by atoms with Crippen LogP contribution in [0.4, 0.5) is 5.69 Å². The number of benzene rings is 1. The molecule has 1 saturated carbocycles. The second-order valence-corrected chi connectivity index (χ2v) is 7.92. The van der Waals surface area contributed by atoms with Crippen LogP contribution >= 0.6 is 11.6 Å². The van der Waals surface area contributed by atoms with E-state index in [-0.39, 0.29) is 5.54 Å². The highest BCUT2D eigenvalue weighted by molar-refractivity contribution is 7.89. The Morgan fingerprint density at radius 1 is 1.25 bits per heavy atom. The standard InChI is InChI=1S/C14H21ClN2O2S/c1-17(2)20(18,19)13-8-4-3-7-12(13)16-14(11-15)9-5-6-10-14/h3-4,7-8,16H,5-6,9-11H2,1-2H3. The van der Waals surface area contributed by atoms with Crippen molar-refractivity contribution in [3.8, 4) is 0 Å². The number of hydrogen-bond donors (Lipinski definition) is 1. The van der Waals surface area contributed by atoms with Gasteiger partial charge in [-0.1, -0.05) is 25.0 Å².